The molecule has 0 saturated heterocycles. The molecule has 0 spiro atoms. The van der Waals surface area contributed by atoms with Gasteiger partial charge in [0.25, 0.3) is 11.8 Å². The number of benzene rings is 5. The first kappa shape index (κ1) is 51.9. The van der Waals surface area contributed by atoms with Gasteiger partial charge in [0, 0.05) is 28.4 Å². The number of hydrogen-bond acceptors (Lipinski definition) is 6. The zero-order chi connectivity index (χ0) is 47.2. The van der Waals surface area contributed by atoms with E-state index in [0.29, 0.717) is 52.8 Å². The first-order chi connectivity index (χ1) is 32.9. The van der Waals surface area contributed by atoms with Gasteiger partial charge in [0.2, 0.25) is 0 Å². The highest BCUT2D eigenvalue weighted by atomic mass is 16.5. The first-order valence-corrected chi connectivity index (χ1v) is 27.3. The maximum atomic E-state index is 14.1. The van der Waals surface area contributed by atoms with Crippen LogP contribution in [-0.4, -0.2) is 48.4 Å². The van der Waals surface area contributed by atoms with Gasteiger partial charge in [-0.2, -0.15) is 0 Å². The molecule has 2 amide bonds. The van der Waals surface area contributed by atoms with Crippen LogP contribution in [0, 0.1) is 0 Å². The lowest BCUT2D eigenvalue weighted by Crippen LogP contribution is -2.40. The van der Waals surface area contributed by atoms with Gasteiger partial charge in [0.1, 0.15) is 0 Å². The predicted molar refractivity (Wildman–Crippen MR) is 279 cm³/mol. The molecule has 1 aliphatic rings. The lowest BCUT2D eigenvalue weighted by molar-refractivity contribution is 0.0498. The molecule has 364 valence electrons. The fourth-order valence-corrected chi connectivity index (χ4v) is 10.6. The summed E-state index contributed by atoms with van der Waals surface area (Å²) in [4.78, 5) is 57.9. The number of carbonyl (C=O) groups excluding carboxylic acids is 4. The summed E-state index contributed by atoms with van der Waals surface area (Å²) >= 11 is 0. The van der Waals surface area contributed by atoms with Crippen LogP contribution in [0.5, 0.6) is 0 Å². The maximum absolute atomic E-state index is 14.1. The normalized spacial score (nSPS) is 12.7. The number of hydrogen-bond donors (Lipinski definition) is 0. The molecule has 0 saturated carbocycles. The Balaban J connectivity index is 1.20. The number of esters is 2. The summed E-state index contributed by atoms with van der Waals surface area (Å²) in [5, 5.41) is 6.31. The van der Waals surface area contributed by atoms with Gasteiger partial charge in [-0.05, 0) is 75.8 Å². The number of rotatable bonds is 35. The van der Waals surface area contributed by atoms with Gasteiger partial charge in [-0.1, -0.05) is 218 Å². The van der Waals surface area contributed by atoms with Crippen LogP contribution in [0.3, 0.4) is 0 Å². The minimum atomic E-state index is -0.446. The maximum Gasteiger partial charge on any atom is 0.338 e. The van der Waals surface area contributed by atoms with E-state index in [2.05, 4.69) is 20.8 Å². The molecule has 0 bridgehead atoms. The number of nitrogens with zero attached hydrogens (tertiary/aromatic N) is 1. The van der Waals surface area contributed by atoms with Crippen molar-refractivity contribution in [2.75, 3.05) is 19.8 Å². The summed E-state index contributed by atoms with van der Waals surface area (Å²) in [7, 11) is 0. The van der Waals surface area contributed by atoms with Gasteiger partial charge in [-0.25, -0.2) is 9.59 Å². The van der Waals surface area contributed by atoms with E-state index in [-0.39, 0.29) is 11.8 Å². The smallest absolute Gasteiger partial charge is 0.338 e. The second kappa shape index (κ2) is 28.1. The van der Waals surface area contributed by atoms with Gasteiger partial charge < -0.3 is 9.47 Å². The Hall–Kier alpha value is -4.52. The van der Waals surface area contributed by atoms with Crippen LogP contribution in [0.15, 0.2) is 48.5 Å². The molecule has 0 atom stereocenters. The molecule has 0 radical (unpaired) electrons. The lowest BCUT2D eigenvalue weighted by Gasteiger charge is -2.28. The van der Waals surface area contributed by atoms with Crippen molar-refractivity contribution in [3.05, 3.63) is 70.8 Å². The molecule has 0 fully saturated rings. The molecular weight excluding hydrogens is 831 g/mol. The van der Waals surface area contributed by atoms with E-state index in [1.807, 2.05) is 36.4 Å². The molecule has 7 nitrogen and oxygen atoms in total. The second-order valence-electron chi connectivity index (χ2n) is 19.7. The van der Waals surface area contributed by atoms with E-state index in [9.17, 15) is 19.2 Å². The van der Waals surface area contributed by atoms with E-state index >= 15 is 0 Å². The zero-order valence-corrected chi connectivity index (χ0v) is 41.9. The Morgan fingerprint density at radius 2 is 0.657 bits per heavy atom. The lowest BCUT2D eigenvalue weighted by atomic mass is 9.83. The molecule has 1 heterocycles. The molecular formula is C60H83NO6. The number of unbranched alkanes of at least 4 members (excludes halogenated alkanes) is 27. The third-order valence-electron chi connectivity index (χ3n) is 14.5. The summed E-state index contributed by atoms with van der Waals surface area (Å²) in [6.45, 7) is 7.80. The quantitative estimate of drug-likeness (QED) is 0.0132. The zero-order valence-electron chi connectivity index (χ0n) is 41.9. The van der Waals surface area contributed by atoms with Crippen molar-refractivity contribution in [1.29, 1.82) is 0 Å². The molecule has 0 N–H and O–H groups in total. The Labute approximate surface area is 402 Å². The number of fused-ring (bicyclic) bond motifs is 2. The minimum Gasteiger partial charge on any atom is -0.462 e. The molecule has 67 heavy (non-hydrogen) atoms. The van der Waals surface area contributed by atoms with Crippen molar-refractivity contribution < 1.29 is 28.7 Å². The van der Waals surface area contributed by atoms with Gasteiger partial charge in [0.15, 0.2) is 0 Å². The van der Waals surface area contributed by atoms with E-state index in [1.54, 1.807) is 12.1 Å². The summed E-state index contributed by atoms with van der Waals surface area (Å²) < 4.78 is 11.9. The third kappa shape index (κ3) is 13.8. The van der Waals surface area contributed by atoms with Crippen LogP contribution in [0.25, 0.3) is 43.1 Å². The SMILES string of the molecule is CCCCCCCCCCCCOC(=O)c1ccc2c3ccc4c5c(ccc(c6ccc(C(=O)OCCCCCCCCCCCC)c1c26)c53)C(=O)N(CCCCCCCCCCCC)C4=O. The Morgan fingerprint density at radius 3 is 1.01 bits per heavy atom. The van der Waals surface area contributed by atoms with E-state index in [1.165, 1.54) is 140 Å². The monoisotopic (exact) mass is 914 g/mol. The first-order valence-electron chi connectivity index (χ1n) is 27.3. The highest BCUT2D eigenvalue weighted by Crippen LogP contribution is 2.45. The summed E-state index contributed by atoms with van der Waals surface area (Å²) in [5.41, 5.74) is 1.78. The molecule has 0 unspecified atom stereocenters. The molecule has 6 rings (SSSR count). The van der Waals surface area contributed by atoms with Crippen molar-refractivity contribution >= 4 is 66.8 Å². The van der Waals surface area contributed by atoms with Crippen LogP contribution in [-0.2, 0) is 9.47 Å². The van der Waals surface area contributed by atoms with E-state index in [0.717, 1.165) is 90.1 Å². The molecule has 7 heteroatoms. The van der Waals surface area contributed by atoms with Crippen molar-refractivity contribution in [1.82, 2.24) is 4.90 Å². The molecule has 0 aliphatic carbocycles. The summed E-state index contributed by atoms with van der Waals surface area (Å²) in [6.07, 6.45) is 35.7. The van der Waals surface area contributed by atoms with Crippen molar-refractivity contribution in [2.45, 2.75) is 213 Å². The van der Waals surface area contributed by atoms with Crippen molar-refractivity contribution in [2.24, 2.45) is 0 Å². The van der Waals surface area contributed by atoms with Gasteiger partial charge in [-0.15, -0.1) is 0 Å². The highest BCUT2D eigenvalue weighted by Gasteiger charge is 2.34. The Morgan fingerprint density at radius 1 is 0.358 bits per heavy atom. The number of carbonyl (C=O) groups is 4. The second-order valence-corrected chi connectivity index (χ2v) is 19.7. The molecule has 1 aliphatic heterocycles. The third-order valence-corrected chi connectivity index (χ3v) is 14.5. The largest absolute Gasteiger partial charge is 0.462 e. The van der Waals surface area contributed by atoms with Crippen molar-refractivity contribution in [3.8, 4) is 0 Å². The number of ether oxygens (including phenoxy) is 2. The van der Waals surface area contributed by atoms with Gasteiger partial charge >= 0.3 is 11.9 Å². The fraction of sp³-hybridized carbons (Fsp3) is 0.600. The van der Waals surface area contributed by atoms with E-state index < -0.39 is 11.9 Å². The topological polar surface area (TPSA) is 90.0 Å². The van der Waals surface area contributed by atoms with Crippen LogP contribution in [0.2, 0.25) is 0 Å². The molecule has 0 aromatic heterocycles. The predicted octanol–water partition coefficient (Wildman–Crippen LogP) is 17.4. The fourth-order valence-electron chi connectivity index (χ4n) is 10.6. The van der Waals surface area contributed by atoms with Crippen LogP contribution < -0.4 is 0 Å². The average Bonchev–Trinajstić information content (AvgIpc) is 3.34. The standard InChI is InChI=1S/C60H83NO6/c1-4-7-10-13-16-19-22-25-28-31-42-61-57(62)49-38-34-45-47-36-40-51(59(64)66-43-32-29-26-23-20-17-14-11-8-5-2)56-52(60(65)67-44-33-30-27-24-21-18-15-12-9-6-3)41-37-48(54(47)56)46-35-39-50(58(61)63)55(49)53(45)46/h34-41H,4-33,42-44H2,1-3H3. The van der Waals surface area contributed by atoms with Gasteiger partial charge in [-0.3, -0.25) is 14.5 Å². The van der Waals surface area contributed by atoms with Crippen LogP contribution in [0.1, 0.15) is 255 Å². The van der Waals surface area contributed by atoms with Crippen molar-refractivity contribution in [3.63, 3.8) is 0 Å². The Bertz CT molecular complexity index is 2200. The Kier molecular flexibility index (Phi) is 21.7. The molecule has 5 aromatic carbocycles. The average molecular weight is 914 g/mol. The summed E-state index contributed by atoms with van der Waals surface area (Å²) in [6, 6.07) is 15.1. The number of imide groups is 1. The van der Waals surface area contributed by atoms with E-state index in [4.69, 9.17) is 9.47 Å². The van der Waals surface area contributed by atoms with Crippen LogP contribution in [0.4, 0.5) is 0 Å². The molecule has 5 aromatic rings. The summed E-state index contributed by atoms with van der Waals surface area (Å²) in [5.74, 6) is -1.38. The van der Waals surface area contributed by atoms with Crippen LogP contribution >= 0.6 is 0 Å². The number of amides is 2. The highest BCUT2D eigenvalue weighted by molar-refractivity contribution is 6.39. The minimum absolute atomic E-state index is 0.242. The van der Waals surface area contributed by atoms with Gasteiger partial charge in [0.05, 0.1) is 24.3 Å².